The first kappa shape index (κ1) is 13.5. The van der Waals surface area contributed by atoms with Gasteiger partial charge in [-0.05, 0) is 29.7 Å². The van der Waals surface area contributed by atoms with Gasteiger partial charge in [0.15, 0.2) is 0 Å². The number of pyridine rings is 1. The van der Waals surface area contributed by atoms with Gasteiger partial charge in [0.25, 0.3) is 0 Å². The van der Waals surface area contributed by atoms with Gasteiger partial charge in [-0.1, -0.05) is 19.9 Å². The molecule has 1 aromatic heterocycles. The van der Waals surface area contributed by atoms with Crippen LogP contribution in [-0.4, -0.2) is 4.98 Å². The van der Waals surface area contributed by atoms with Crippen molar-refractivity contribution in [3.05, 3.63) is 59.4 Å². The topological polar surface area (TPSA) is 22.1 Å². The van der Waals surface area contributed by atoms with Crippen LogP contribution in [0, 0.1) is 11.6 Å². The lowest BCUT2D eigenvalue weighted by Gasteiger charge is -2.14. The Hall–Kier alpha value is -1.97. The van der Waals surface area contributed by atoms with E-state index in [0.717, 1.165) is 5.56 Å². The number of hydrogen-bond acceptors (Lipinski definition) is 2. The van der Waals surface area contributed by atoms with E-state index in [1.165, 1.54) is 30.5 Å². The Bertz CT molecular complexity index is 570. The molecular weight excluding hydrogens is 248 g/mol. The molecule has 0 saturated carbocycles. The second-order valence-electron chi connectivity index (χ2n) is 4.56. The zero-order valence-electron chi connectivity index (χ0n) is 10.9. The Morgan fingerprint density at radius 2 is 2.00 bits per heavy atom. The zero-order valence-corrected chi connectivity index (χ0v) is 10.9. The highest BCUT2D eigenvalue weighted by Crippen LogP contribution is 2.27. The van der Waals surface area contributed by atoms with Crippen molar-refractivity contribution in [2.45, 2.75) is 26.4 Å². The first-order valence-corrected chi connectivity index (χ1v) is 6.09. The molecule has 0 aliphatic rings. The highest BCUT2D eigenvalue weighted by molar-refractivity contribution is 5.36. The van der Waals surface area contributed by atoms with Crippen molar-refractivity contribution in [2.75, 3.05) is 0 Å². The van der Waals surface area contributed by atoms with Crippen molar-refractivity contribution in [2.24, 2.45) is 0 Å². The van der Waals surface area contributed by atoms with Crippen molar-refractivity contribution in [3.8, 4) is 5.75 Å². The van der Waals surface area contributed by atoms with E-state index in [4.69, 9.17) is 4.74 Å². The maximum atomic E-state index is 13.4. The molecule has 100 valence electrons. The molecule has 19 heavy (non-hydrogen) atoms. The third kappa shape index (κ3) is 3.28. The minimum Gasteiger partial charge on any atom is -0.487 e. The third-order valence-electron chi connectivity index (χ3n) is 2.80. The predicted molar refractivity (Wildman–Crippen MR) is 69.0 cm³/mol. The number of aromatic nitrogens is 1. The van der Waals surface area contributed by atoms with E-state index < -0.39 is 5.82 Å². The summed E-state index contributed by atoms with van der Waals surface area (Å²) >= 11 is 0. The van der Waals surface area contributed by atoms with Gasteiger partial charge in [0.2, 0.25) is 0 Å². The summed E-state index contributed by atoms with van der Waals surface area (Å²) in [5, 5.41) is 0. The van der Waals surface area contributed by atoms with E-state index in [1.807, 2.05) is 13.8 Å². The summed E-state index contributed by atoms with van der Waals surface area (Å²) in [6.07, 6.45) is 1.50. The Balaban J connectivity index is 2.19. The van der Waals surface area contributed by atoms with Crippen LogP contribution in [0.2, 0.25) is 0 Å². The number of nitrogens with zero attached hydrogens (tertiary/aromatic N) is 1. The van der Waals surface area contributed by atoms with Crippen LogP contribution in [0.4, 0.5) is 8.78 Å². The standard InChI is InChI=1S/C15H15F2NO/c1-10(2)12-6-5-11(16)8-15(12)19-9-14-13(17)4-3-7-18-14/h3-8,10H,9H2,1-2H3. The summed E-state index contributed by atoms with van der Waals surface area (Å²) in [6.45, 7) is 3.96. The molecule has 0 atom stereocenters. The Labute approximate surface area is 111 Å². The molecule has 0 N–H and O–H groups in total. The van der Waals surface area contributed by atoms with E-state index in [1.54, 1.807) is 6.07 Å². The number of rotatable bonds is 4. The fourth-order valence-corrected chi connectivity index (χ4v) is 1.78. The lowest BCUT2D eigenvalue weighted by atomic mass is 10.0. The maximum absolute atomic E-state index is 13.4. The van der Waals surface area contributed by atoms with Crippen LogP contribution >= 0.6 is 0 Å². The molecule has 0 fully saturated rings. The molecule has 2 nitrogen and oxygen atoms in total. The number of benzene rings is 1. The molecule has 4 heteroatoms. The fourth-order valence-electron chi connectivity index (χ4n) is 1.78. The van der Waals surface area contributed by atoms with Crippen LogP contribution < -0.4 is 4.74 Å². The van der Waals surface area contributed by atoms with Crippen molar-refractivity contribution in [3.63, 3.8) is 0 Å². The number of ether oxygens (including phenoxy) is 1. The van der Waals surface area contributed by atoms with E-state index in [-0.39, 0.29) is 24.0 Å². The summed E-state index contributed by atoms with van der Waals surface area (Å²) in [7, 11) is 0. The SMILES string of the molecule is CC(C)c1ccc(F)cc1OCc1ncccc1F. The normalized spacial score (nSPS) is 10.8. The molecule has 1 heterocycles. The van der Waals surface area contributed by atoms with E-state index in [9.17, 15) is 8.78 Å². The van der Waals surface area contributed by atoms with Crippen LogP contribution in [0.1, 0.15) is 31.0 Å². The fraction of sp³-hybridized carbons (Fsp3) is 0.267. The van der Waals surface area contributed by atoms with Crippen molar-refractivity contribution < 1.29 is 13.5 Å². The molecule has 0 aliphatic carbocycles. The first-order valence-electron chi connectivity index (χ1n) is 6.09. The molecule has 1 aromatic carbocycles. The van der Waals surface area contributed by atoms with Gasteiger partial charge in [0.05, 0.1) is 0 Å². The van der Waals surface area contributed by atoms with Crippen LogP contribution in [0.15, 0.2) is 36.5 Å². The van der Waals surface area contributed by atoms with Gasteiger partial charge in [0.1, 0.15) is 29.7 Å². The molecular formula is C15H15F2NO. The second-order valence-corrected chi connectivity index (χ2v) is 4.56. The van der Waals surface area contributed by atoms with Gasteiger partial charge in [0, 0.05) is 12.3 Å². The zero-order chi connectivity index (χ0) is 13.8. The van der Waals surface area contributed by atoms with Crippen molar-refractivity contribution >= 4 is 0 Å². The molecule has 2 aromatic rings. The van der Waals surface area contributed by atoms with E-state index in [2.05, 4.69) is 4.98 Å². The highest BCUT2D eigenvalue weighted by atomic mass is 19.1. The molecule has 0 spiro atoms. The summed E-state index contributed by atoms with van der Waals surface area (Å²) < 4.78 is 32.2. The molecule has 2 rings (SSSR count). The minimum absolute atomic E-state index is 0.0180. The van der Waals surface area contributed by atoms with Gasteiger partial charge >= 0.3 is 0 Å². The highest BCUT2D eigenvalue weighted by Gasteiger charge is 2.11. The van der Waals surface area contributed by atoms with Gasteiger partial charge in [-0.2, -0.15) is 0 Å². The Kier molecular flexibility index (Phi) is 4.10. The van der Waals surface area contributed by atoms with Gasteiger partial charge in [-0.3, -0.25) is 4.98 Å². The number of hydrogen-bond donors (Lipinski definition) is 0. The summed E-state index contributed by atoms with van der Waals surface area (Å²) in [5.74, 6) is -0.171. The smallest absolute Gasteiger partial charge is 0.148 e. The average Bonchev–Trinajstić information content (AvgIpc) is 2.37. The minimum atomic E-state index is -0.426. The van der Waals surface area contributed by atoms with Crippen molar-refractivity contribution in [1.82, 2.24) is 4.98 Å². The van der Waals surface area contributed by atoms with Gasteiger partial charge < -0.3 is 4.74 Å². The Morgan fingerprint density at radius 1 is 1.21 bits per heavy atom. The largest absolute Gasteiger partial charge is 0.487 e. The predicted octanol–water partition coefficient (Wildman–Crippen LogP) is 4.06. The Morgan fingerprint density at radius 3 is 2.68 bits per heavy atom. The van der Waals surface area contributed by atoms with Crippen LogP contribution in [0.25, 0.3) is 0 Å². The van der Waals surface area contributed by atoms with Crippen LogP contribution in [0.3, 0.4) is 0 Å². The lowest BCUT2D eigenvalue weighted by Crippen LogP contribution is -2.04. The lowest BCUT2D eigenvalue weighted by molar-refractivity contribution is 0.288. The van der Waals surface area contributed by atoms with Crippen LogP contribution in [0.5, 0.6) is 5.75 Å². The molecule has 0 unspecified atom stereocenters. The first-order chi connectivity index (χ1) is 9.08. The molecule has 0 radical (unpaired) electrons. The number of halogens is 2. The summed E-state index contributed by atoms with van der Waals surface area (Å²) in [4.78, 5) is 3.90. The quantitative estimate of drug-likeness (QED) is 0.829. The molecule has 0 saturated heterocycles. The summed E-state index contributed by atoms with van der Waals surface area (Å²) in [6, 6.07) is 7.23. The van der Waals surface area contributed by atoms with Crippen molar-refractivity contribution in [1.29, 1.82) is 0 Å². The molecule has 0 bridgehead atoms. The van der Waals surface area contributed by atoms with E-state index >= 15 is 0 Å². The van der Waals surface area contributed by atoms with E-state index in [0.29, 0.717) is 5.75 Å². The molecule has 0 amide bonds. The monoisotopic (exact) mass is 263 g/mol. The third-order valence-corrected chi connectivity index (χ3v) is 2.80. The average molecular weight is 263 g/mol. The van der Waals surface area contributed by atoms with Gasteiger partial charge in [-0.15, -0.1) is 0 Å². The van der Waals surface area contributed by atoms with Crippen LogP contribution in [-0.2, 0) is 6.61 Å². The molecule has 0 aliphatic heterocycles. The maximum Gasteiger partial charge on any atom is 0.148 e. The summed E-state index contributed by atoms with van der Waals surface area (Å²) in [5.41, 5.74) is 1.10. The second kappa shape index (κ2) is 5.78. The van der Waals surface area contributed by atoms with Gasteiger partial charge in [-0.25, -0.2) is 8.78 Å².